The van der Waals surface area contributed by atoms with E-state index < -0.39 is 57.9 Å². The van der Waals surface area contributed by atoms with Crippen LogP contribution in [0.15, 0.2) is 120 Å². The number of ketones is 1. The van der Waals surface area contributed by atoms with Gasteiger partial charge in [0, 0.05) is 28.9 Å². The standard InChI is InChI=1S/C36H22F2N4O2/c37-25-15-11-21(12-16-25)29-28(31(43)23-7-3-1-4-8-23)27(19-39)33(41)42-34(44)35(20-40)30(22-13-17-26(38)18-14-22)32(35)36(29,42)24-9-5-2-6-10-24/h1-18,29-30,32,41H/t29-,30+,32?,35+,36+/m0/s1. The highest BCUT2D eigenvalue weighted by Gasteiger charge is 2.87. The maximum Gasteiger partial charge on any atom is 0.250 e. The van der Waals surface area contributed by atoms with E-state index in [-0.39, 0.29) is 16.7 Å². The molecule has 0 bridgehead atoms. The first-order valence-electron chi connectivity index (χ1n) is 14.0. The second-order valence-corrected chi connectivity index (χ2v) is 11.2. The number of piperidine rings is 1. The largest absolute Gasteiger partial charge is 0.289 e. The molecule has 2 aliphatic heterocycles. The molecule has 0 spiro atoms. The highest BCUT2D eigenvalue weighted by molar-refractivity contribution is 6.22. The van der Waals surface area contributed by atoms with Crippen molar-refractivity contribution in [2.45, 2.75) is 17.4 Å². The monoisotopic (exact) mass is 580 g/mol. The van der Waals surface area contributed by atoms with Crippen molar-refractivity contribution in [1.29, 1.82) is 15.9 Å². The molecule has 212 valence electrons. The number of hydrogen-bond donors (Lipinski definition) is 1. The summed E-state index contributed by atoms with van der Waals surface area (Å²) in [6, 6.07) is 32.6. The van der Waals surface area contributed by atoms with Gasteiger partial charge >= 0.3 is 0 Å². The van der Waals surface area contributed by atoms with E-state index in [1.807, 2.05) is 6.07 Å². The van der Waals surface area contributed by atoms with E-state index in [0.717, 1.165) is 0 Å². The third kappa shape index (κ3) is 3.40. The predicted molar refractivity (Wildman–Crippen MR) is 156 cm³/mol. The average molecular weight is 581 g/mol. The summed E-state index contributed by atoms with van der Waals surface area (Å²) in [6.45, 7) is 0. The predicted octanol–water partition coefficient (Wildman–Crippen LogP) is 6.40. The Morgan fingerprint density at radius 2 is 1.34 bits per heavy atom. The molecule has 6 nitrogen and oxygen atoms in total. The Labute approximate surface area is 251 Å². The Morgan fingerprint density at radius 3 is 1.89 bits per heavy atom. The molecule has 1 N–H and O–H groups in total. The third-order valence-corrected chi connectivity index (χ3v) is 9.31. The molecule has 7 rings (SSSR count). The lowest BCUT2D eigenvalue weighted by molar-refractivity contribution is -0.132. The first kappa shape index (κ1) is 27.1. The Kier molecular flexibility index (Phi) is 5.95. The van der Waals surface area contributed by atoms with E-state index in [9.17, 15) is 34.3 Å². The van der Waals surface area contributed by atoms with Crippen LogP contribution in [0.3, 0.4) is 0 Å². The number of Topliss-reactive ketones (excluding diaryl/α,β-unsaturated/α-hetero) is 1. The second kappa shape index (κ2) is 9.65. The lowest BCUT2D eigenvalue weighted by Gasteiger charge is -2.51. The minimum Gasteiger partial charge on any atom is -0.289 e. The van der Waals surface area contributed by atoms with Gasteiger partial charge in [0.05, 0.1) is 11.6 Å². The molecule has 1 saturated heterocycles. The number of benzene rings is 4. The molecule has 1 saturated carbocycles. The molecule has 1 amide bonds. The molecule has 8 heteroatoms. The van der Waals surface area contributed by atoms with Crippen molar-refractivity contribution in [1.82, 2.24) is 4.90 Å². The van der Waals surface area contributed by atoms with Crippen LogP contribution in [0.25, 0.3) is 0 Å². The van der Waals surface area contributed by atoms with Gasteiger partial charge in [-0.1, -0.05) is 84.9 Å². The third-order valence-electron chi connectivity index (χ3n) is 9.31. The Morgan fingerprint density at radius 1 is 0.795 bits per heavy atom. The van der Waals surface area contributed by atoms with Crippen LogP contribution in [-0.2, 0) is 10.3 Å². The lowest BCUT2D eigenvalue weighted by Crippen LogP contribution is -2.58. The van der Waals surface area contributed by atoms with Gasteiger partial charge in [-0.3, -0.25) is 19.9 Å². The molecule has 2 fully saturated rings. The first-order valence-corrected chi connectivity index (χ1v) is 14.0. The van der Waals surface area contributed by atoms with Crippen molar-refractivity contribution >= 4 is 17.5 Å². The second-order valence-electron chi connectivity index (χ2n) is 11.2. The Hall–Kier alpha value is -5.73. The molecular weight excluding hydrogens is 558 g/mol. The van der Waals surface area contributed by atoms with E-state index in [1.165, 1.54) is 41.3 Å². The summed E-state index contributed by atoms with van der Waals surface area (Å²) in [6.07, 6.45) is 0. The molecule has 0 aromatic heterocycles. The van der Waals surface area contributed by atoms with Crippen molar-refractivity contribution in [2.24, 2.45) is 11.3 Å². The maximum absolute atomic E-state index is 14.6. The number of nitrogens with zero attached hydrogens (tertiary/aromatic N) is 3. The highest BCUT2D eigenvalue weighted by atomic mass is 19.1. The van der Waals surface area contributed by atoms with Gasteiger partial charge in [-0.15, -0.1) is 0 Å². The first-order chi connectivity index (χ1) is 21.3. The average Bonchev–Trinajstić information content (AvgIpc) is 3.69. The molecule has 1 unspecified atom stereocenters. The number of carbonyl (C=O) groups excluding carboxylic acids is 2. The van der Waals surface area contributed by atoms with Crippen LogP contribution in [0.4, 0.5) is 8.78 Å². The van der Waals surface area contributed by atoms with Gasteiger partial charge in [0.15, 0.2) is 5.78 Å². The van der Waals surface area contributed by atoms with E-state index in [1.54, 1.807) is 72.8 Å². The number of fused-ring (bicyclic) bond motifs is 3. The van der Waals surface area contributed by atoms with Crippen LogP contribution < -0.4 is 0 Å². The van der Waals surface area contributed by atoms with Gasteiger partial charge in [0.1, 0.15) is 34.5 Å². The number of amidine groups is 1. The molecule has 4 aromatic carbocycles. The number of hydrogen-bond acceptors (Lipinski definition) is 5. The van der Waals surface area contributed by atoms with Crippen LogP contribution in [0, 0.1) is 51.0 Å². The molecule has 44 heavy (non-hydrogen) atoms. The van der Waals surface area contributed by atoms with E-state index >= 15 is 0 Å². The van der Waals surface area contributed by atoms with Crippen LogP contribution in [0.5, 0.6) is 0 Å². The van der Waals surface area contributed by atoms with E-state index in [4.69, 9.17) is 0 Å². The summed E-state index contributed by atoms with van der Waals surface area (Å²) in [5.41, 5.74) is -1.68. The summed E-state index contributed by atoms with van der Waals surface area (Å²) in [4.78, 5) is 30.3. The van der Waals surface area contributed by atoms with Crippen LogP contribution >= 0.6 is 0 Å². The van der Waals surface area contributed by atoms with Crippen LogP contribution in [0.1, 0.15) is 38.9 Å². The summed E-state index contributed by atoms with van der Waals surface area (Å²) >= 11 is 0. The summed E-state index contributed by atoms with van der Waals surface area (Å²) < 4.78 is 28.3. The number of amides is 1. The fourth-order valence-corrected chi connectivity index (χ4v) is 7.62. The molecule has 2 heterocycles. The molecule has 0 radical (unpaired) electrons. The van der Waals surface area contributed by atoms with Crippen LogP contribution in [-0.4, -0.2) is 22.4 Å². The molecule has 4 aromatic rings. The maximum atomic E-state index is 14.6. The van der Waals surface area contributed by atoms with Crippen molar-refractivity contribution in [3.63, 3.8) is 0 Å². The normalized spacial score (nSPS) is 26.8. The SMILES string of the molecule is N#CC1=C(C(=O)c2ccccc2)[C@H](c2ccc(F)cc2)[C@]2(c3ccccc3)C3[C@@H](c4ccc(F)cc4)[C@@]3(C#N)C(=O)N2C1=N. The van der Waals surface area contributed by atoms with Crippen molar-refractivity contribution in [3.8, 4) is 12.1 Å². The number of rotatable bonds is 5. The van der Waals surface area contributed by atoms with E-state index in [0.29, 0.717) is 16.7 Å². The van der Waals surface area contributed by atoms with Crippen molar-refractivity contribution in [2.75, 3.05) is 0 Å². The van der Waals surface area contributed by atoms with Gasteiger partial charge in [-0.05, 0) is 41.0 Å². The fraction of sp³-hybridized carbons (Fsp3) is 0.139. The Balaban J connectivity index is 1.60. The van der Waals surface area contributed by atoms with Crippen molar-refractivity contribution < 1.29 is 18.4 Å². The number of nitrogens with one attached hydrogen (secondary N) is 1. The quantitative estimate of drug-likeness (QED) is 0.276. The van der Waals surface area contributed by atoms with Gasteiger partial charge in [-0.2, -0.15) is 10.5 Å². The smallest absolute Gasteiger partial charge is 0.250 e. The molecule has 3 aliphatic rings. The fourth-order valence-electron chi connectivity index (χ4n) is 7.62. The topological polar surface area (TPSA) is 109 Å². The van der Waals surface area contributed by atoms with E-state index in [2.05, 4.69) is 6.07 Å². The number of carbonyl (C=O) groups is 2. The zero-order valence-corrected chi connectivity index (χ0v) is 23.0. The molecule has 1 aliphatic carbocycles. The summed E-state index contributed by atoms with van der Waals surface area (Å²) in [5, 5.41) is 30.5. The number of halogens is 2. The summed E-state index contributed by atoms with van der Waals surface area (Å²) in [7, 11) is 0. The zero-order chi connectivity index (χ0) is 30.8. The Bertz CT molecular complexity index is 1980. The van der Waals surface area contributed by atoms with Crippen LogP contribution in [0.2, 0.25) is 0 Å². The van der Waals surface area contributed by atoms with Gasteiger partial charge in [-0.25, -0.2) is 8.78 Å². The minimum absolute atomic E-state index is 0.0123. The van der Waals surface area contributed by atoms with Gasteiger partial charge in [0.2, 0.25) is 0 Å². The minimum atomic E-state index is -1.66. The highest BCUT2D eigenvalue weighted by Crippen LogP contribution is 2.80. The summed E-state index contributed by atoms with van der Waals surface area (Å²) in [5.74, 6) is -5.24. The van der Waals surface area contributed by atoms with Crippen molar-refractivity contribution in [3.05, 3.63) is 154 Å². The lowest BCUT2D eigenvalue weighted by atomic mass is 9.62. The van der Waals surface area contributed by atoms with Gasteiger partial charge in [0.25, 0.3) is 5.91 Å². The molecule has 5 atom stereocenters. The zero-order valence-electron chi connectivity index (χ0n) is 23.0. The van der Waals surface area contributed by atoms with Gasteiger partial charge < -0.3 is 0 Å². The molecular formula is C36H22F2N4O2. The number of nitriles is 2.